The van der Waals surface area contributed by atoms with Crippen LogP contribution in [-0.4, -0.2) is 23.1 Å². The van der Waals surface area contributed by atoms with Gasteiger partial charge < -0.3 is 4.90 Å². The molecule has 2 rings (SSSR count). The zero-order valence-electron chi connectivity index (χ0n) is 14.1. The number of alkyl halides is 3. The average molecular weight is 359 g/mol. The summed E-state index contributed by atoms with van der Waals surface area (Å²) in [4.78, 5) is 14.6. The van der Waals surface area contributed by atoms with Crippen LogP contribution < -0.4 is 0 Å². The second-order valence-electron chi connectivity index (χ2n) is 6.13. The first-order chi connectivity index (χ1) is 11.4. The van der Waals surface area contributed by atoms with Crippen LogP contribution in [0.2, 0.25) is 0 Å². The highest BCUT2D eigenvalue weighted by atomic mass is 32.2. The molecule has 0 aromatic heterocycles. The minimum atomic E-state index is -4.36. The van der Waals surface area contributed by atoms with Crippen molar-refractivity contribution in [3.05, 3.63) is 35.4 Å². The second kappa shape index (κ2) is 8.28. The van der Waals surface area contributed by atoms with Crippen LogP contribution in [0.1, 0.15) is 56.0 Å². The minimum absolute atomic E-state index is 0.0306. The molecule has 2 nitrogen and oxygen atoms in total. The van der Waals surface area contributed by atoms with Gasteiger partial charge in [-0.15, -0.1) is 11.8 Å². The highest BCUT2D eigenvalue weighted by molar-refractivity contribution is 7.99. The fourth-order valence-electron chi connectivity index (χ4n) is 3.03. The number of hydrogen-bond acceptors (Lipinski definition) is 2. The molecule has 1 heterocycles. The van der Waals surface area contributed by atoms with Gasteiger partial charge in [0, 0.05) is 18.2 Å². The number of amides is 1. The number of thioether (sulfide) groups is 1. The monoisotopic (exact) mass is 359 g/mol. The van der Waals surface area contributed by atoms with Crippen molar-refractivity contribution in [2.24, 2.45) is 5.92 Å². The molecule has 6 heteroatoms. The Labute approximate surface area is 145 Å². The van der Waals surface area contributed by atoms with E-state index in [1.807, 2.05) is 6.92 Å². The summed E-state index contributed by atoms with van der Waals surface area (Å²) < 4.78 is 38.8. The summed E-state index contributed by atoms with van der Waals surface area (Å²) in [5, 5.41) is -0.310. The lowest BCUT2D eigenvalue weighted by atomic mass is 9.97. The van der Waals surface area contributed by atoms with Gasteiger partial charge in [0.05, 0.1) is 5.56 Å². The topological polar surface area (TPSA) is 20.3 Å². The van der Waals surface area contributed by atoms with Crippen molar-refractivity contribution in [2.75, 3.05) is 12.3 Å². The summed E-state index contributed by atoms with van der Waals surface area (Å²) in [7, 11) is 0. The standard InChI is InChI=1S/C18H24F3NOS/c1-3-5-7-13(4-2)16(23)22-10-11-24-17(22)14-8-6-9-15(12-14)18(19,20)21/h6,8-9,12-13,17H,3-5,7,10-11H2,1-2H3/t13-,17-/m1/s1. The first-order valence-corrected chi connectivity index (χ1v) is 9.52. The first-order valence-electron chi connectivity index (χ1n) is 8.47. The smallest absolute Gasteiger partial charge is 0.325 e. The maximum absolute atomic E-state index is 12.9. The van der Waals surface area contributed by atoms with Crippen molar-refractivity contribution in [3.63, 3.8) is 0 Å². The molecular weight excluding hydrogens is 335 g/mol. The SMILES string of the molecule is CCCC[C@@H](CC)C(=O)N1CCS[C@@H]1c1cccc(C(F)(F)F)c1. The van der Waals surface area contributed by atoms with E-state index in [-0.39, 0.29) is 17.2 Å². The van der Waals surface area contributed by atoms with Crippen LogP contribution in [0.15, 0.2) is 24.3 Å². The Bertz CT molecular complexity index is 561. The highest BCUT2D eigenvalue weighted by Gasteiger charge is 2.36. The number of nitrogens with zero attached hydrogens (tertiary/aromatic N) is 1. The molecule has 1 amide bonds. The van der Waals surface area contributed by atoms with Gasteiger partial charge in [0.1, 0.15) is 5.37 Å². The molecule has 134 valence electrons. The van der Waals surface area contributed by atoms with Crippen molar-refractivity contribution in [2.45, 2.75) is 51.1 Å². The number of unbranched alkanes of at least 4 members (excludes halogenated alkanes) is 1. The molecule has 0 unspecified atom stereocenters. The van der Waals surface area contributed by atoms with Crippen LogP contribution in [0.5, 0.6) is 0 Å². The first kappa shape index (κ1) is 19.2. The Kier molecular flexibility index (Phi) is 6.61. The van der Waals surface area contributed by atoms with Crippen LogP contribution in [0.4, 0.5) is 13.2 Å². The van der Waals surface area contributed by atoms with Gasteiger partial charge in [-0.2, -0.15) is 13.2 Å². The fraction of sp³-hybridized carbons (Fsp3) is 0.611. The number of hydrogen-bond donors (Lipinski definition) is 0. The van der Waals surface area contributed by atoms with E-state index in [0.29, 0.717) is 12.1 Å². The van der Waals surface area contributed by atoms with Gasteiger partial charge in [0.2, 0.25) is 5.91 Å². The predicted molar refractivity (Wildman–Crippen MR) is 91.7 cm³/mol. The quantitative estimate of drug-likeness (QED) is 0.669. The fourth-order valence-corrected chi connectivity index (χ4v) is 4.28. The van der Waals surface area contributed by atoms with Gasteiger partial charge >= 0.3 is 6.18 Å². The molecule has 1 fully saturated rings. The van der Waals surface area contributed by atoms with E-state index in [1.54, 1.807) is 22.7 Å². The highest BCUT2D eigenvalue weighted by Crippen LogP contribution is 2.41. The van der Waals surface area contributed by atoms with Crippen LogP contribution in [0.25, 0.3) is 0 Å². The number of carbonyl (C=O) groups is 1. The molecule has 24 heavy (non-hydrogen) atoms. The molecular formula is C18H24F3NOS. The zero-order chi connectivity index (χ0) is 17.7. The number of carbonyl (C=O) groups excluding carboxylic acids is 1. The van der Waals surface area contributed by atoms with Crippen LogP contribution >= 0.6 is 11.8 Å². The van der Waals surface area contributed by atoms with E-state index in [1.165, 1.54) is 12.1 Å². The van der Waals surface area contributed by atoms with Gasteiger partial charge in [0.25, 0.3) is 0 Å². The van der Waals surface area contributed by atoms with E-state index < -0.39 is 11.7 Å². The summed E-state index contributed by atoms with van der Waals surface area (Å²) in [6.45, 7) is 4.70. The summed E-state index contributed by atoms with van der Waals surface area (Å²) in [5.41, 5.74) is -0.0936. The van der Waals surface area contributed by atoms with Crippen LogP contribution in [-0.2, 0) is 11.0 Å². The van der Waals surface area contributed by atoms with Crippen LogP contribution in [0.3, 0.4) is 0 Å². The summed E-state index contributed by atoms with van der Waals surface area (Å²) in [6, 6.07) is 5.36. The molecule has 0 saturated carbocycles. The molecule has 0 aliphatic carbocycles. The molecule has 0 N–H and O–H groups in total. The van der Waals surface area contributed by atoms with Crippen molar-refractivity contribution in [1.29, 1.82) is 0 Å². The van der Waals surface area contributed by atoms with Crippen molar-refractivity contribution >= 4 is 17.7 Å². The third-order valence-electron chi connectivity index (χ3n) is 4.42. The summed E-state index contributed by atoms with van der Waals surface area (Å²) >= 11 is 1.54. The van der Waals surface area contributed by atoms with Crippen molar-refractivity contribution in [3.8, 4) is 0 Å². The third kappa shape index (κ3) is 4.47. The molecule has 0 radical (unpaired) electrons. The van der Waals surface area contributed by atoms with E-state index in [2.05, 4.69) is 6.92 Å². The van der Waals surface area contributed by atoms with E-state index in [9.17, 15) is 18.0 Å². The molecule has 1 aliphatic rings. The van der Waals surface area contributed by atoms with Gasteiger partial charge in [-0.25, -0.2) is 0 Å². The predicted octanol–water partition coefficient (Wildman–Crippen LogP) is 5.50. The number of halogens is 3. The Balaban J connectivity index is 2.19. The third-order valence-corrected chi connectivity index (χ3v) is 5.68. The molecule has 1 saturated heterocycles. The van der Waals surface area contributed by atoms with E-state index in [4.69, 9.17) is 0 Å². The molecule has 2 atom stereocenters. The lowest BCUT2D eigenvalue weighted by Crippen LogP contribution is -2.35. The van der Waals surface area contributed by atoms with Gasteiger partial charge in [0.15, 0.2) is 0 Å². The Morgan fingerprint density at radius 3 is 2.75 bits per heavy atom. The molecule has 1 aromatic rings. The molecule has 0 bridgehead atoms. The molecule has 1 aliphatic heterocycles. The Morgan fingerprint density at radius 2 is 2.12 bits per heavy atom. The second-order valence-corrected chi connectivity index (χ2v) is 7.31. The Morgan fingerprint density at radius 1 is 1.38 bits per heavy atom. The lowest BCUT2D eigenvalue weighted by Gasteiger charge is -2.28. The van der Waals surface area contributed by atoms with Crippen molar-refractivity contribution in [1.82, 2.24) is 4.90 Å². The van der Waals surface area contributed by atoms with Gasteiger partial charge in [-0.1, -0.05) is 38.8 Å². The van der Waals surface area contributed by atoms with Gasteiger partial charge in [-0.3, -0.25) is 4.79 Å². The lowest BCUT2D eigenvalue weighted by molar-refractivity contribution is -0.137. The minimum Gasteiger partial charge on any atom is -0.325 e. The summed E-state index contributed by atoms with van der Waals surface area (Å²) in [6.07, 6.45) is -0.701. The zero-order valence-corrected chi connectivity index (χ0v) is 14.9. The Hall–Kier alpha value is -1.17. The van der Waals surface area contributed by atoms with E-state index in [0.717, 1.165) is 37.5 Å². The molecule has 1 aromatic carbocycles. The summed E-state index contributed by atoms with van der Waals surface area (Å²) in [5.74, 6) is 0.812. The van der Waals surface area contributed by atoms with E-state index >= 15 is 0 Å². The maximum atomic E-state index is 12.9. The van der Waals surface area contributed by atoms with Gasteiger partial charge in [-0.05, 0) is 30.5 Å². The maximum Gasteiger partial charge on any atom is 0.416 e. The van der Waals surface area contributed by atoms with Crippen molar-refractivity contribution < 1.29 is 18.0 Å². The largest absolute Gasteiger partial charge is 0.416 e. The van der Waals surface area contributed by atoms with Crippen LogP contribution in [0, 0.1) is 5.92 Å². The molecule has 0 spiro atoms. The normalized spacial score (nSPS) is 19.5. The number of rotatable bonds is 6. The number of benzene rings is 1. The average Bonchev–Trinajstić information content (AvgIpc) is 3.04.